The molecule has 156 valence electrons. The van der Waals surface area contributed by atoms with E-state index in [4.69, 9.17) is 10.5 Å². The van der Waals surface area contributed by atoms with Gasteiger partial charge in [0.05, 0.1) is 11.4 Å². The zero-order chi connectivity index (χ0) is 20.9. The van der Waals surface area contributed by atoms with Gasteiger partial charge in [0.15, 0.2) is 0 Å². The molecule has 0 bridgehead atoms. The molecule has 0 spiro atoms. The summed E-state index contributed by atoms with van der Waals surface area (Å²) in [7, 11) is 0. The fourth-order valence-electron chi connectivity index (χ4n) is 3.30. The van der Waals surface area contributed by atoms with Gasteiger partial charge >= 0.3 is 6.09 Å². The number of piperidine rings is 1. The van der Waals surface area contributed by atoms with Crippen LogP contribution in [-0.4, -0.2) is 35.7 Å². The van der Waals surface area contributed by atoms with Crippen LogP contribution < -0.4 is 11.1 Å². The second-order valence-electron chi connectivity index (χ2n) is 8.38. The quantitative estimate of drug-likeness (QED) is 0.509. The van der Waals surface area contributed by atoms with Crippen LogP contribution in [0.15, 0.2) is 53.4 Å². The number of anilines is 2. The van der Waals surface area contributed by atoms with Gasteiger partial charge in [-0.3, -0.25) is 0 Å². The van der Waals surface area contributed by atoms with Crippen LogP contribution in [0.3, 0.4) is 0 Å². The van der Waals surface area contributed by atoms with Gasteiger partial charge in [0.2, 0.25) is 0 Å². The molecular formula is C23H31N3O2S. The van der Waals surface area contributed by atoms with Crippen LogP contribution in [0.5, 0.6) is 0 Å². The monoisotopic (exact) mass is 413 g/mol. The Morgan fingerprint density at radius 2 is 1.83 bits per heavy atom. The van der Waals surface area contributed by atoms with Gasteiger partial charge in [0.25, 0.3) is 0 Å². The maximum absolute atomic E-state index is 12.3. The van der Waals surface area contributed by atoms with Gasteiger partial charge in [-0.05, 0) is 51.3 Å². The lowest BCUT2D eigenvalue weighted by molar-refractivity contribution is 0.0210. The molecule has 2 aromatic rings. The van der Waals surface area contributed by atoms with Crippen molar-refractivity contribution < 1.29 is 9.53 Å². The van der Waals surface area contributed by atoms with Crippen LogP contribution in [0.4, 0.5) is 16.2 Å². The number of likely N-dealkylation sites (tertiary alicyclic amines) is 1. The molecule has 1 saturated heterocycles. The summed E-state index contributed by atoms with van der Waals surface area (Å²) in [5, 5.41) is 3.64. The Bertz CT molecular complexity index is 813. The van der Waals surface area contributed by atoms with E-state index in [1.54, 1.807) is 16.7 Å². The number of benzene rings is 2. The number of hydrogen-bond donors (Lipinski definition) is 2. The molecular weight excluding hydrogens is 382 g/mol. The van der Waals surface area contributed by atoms with Gasteiger partial charge in [0.1, 0.15) is 5.60 Å². The van der Waals surface area contributed by atoms with Crippen molar-refractivity contribution in [1.29, 1.82) is 0 Å². The van der Waals surface area contributed by atoms with E-state index < -0.39 is 5.60 Å². The van der Waals surface area contributed by atoms with Crippen LogP contribution in [0.2, 0.25) is 0 Å². The normalized spacial score (nSPS) is 15.2. The summed E-state index contributed by atoms with van der Waals surface area (Å²) in [5.74, 6) is 0.899. The van der Waals surface area contributed by atoms with E-state index in [0.29, 0.717) is 13.1 Å². The maximum atomic E-state index is 12.3. The number of nitrogens with zero attached hydrogens (tertiary/aromatic N) is 1. The van der Waals surface area contributed by atoms with Crippen molar-refractivity contribution in [2.45, 2.75) is 55.9 Å². The average molecular weight is 414 g/mol. The number of amides is 1. The number of nitrogen functional groups attached to an aromatic ring is 1. The highest BCUT2D eigenvalue weighted by molar-refractivity contribution is 7.98. The molecule has 29 heavy (non-hydrogen) atoms. The van der Waals surface area contributed by atoms with Gasteiger partial charge < -0.3 is 20.7 Å². The van der Waals surface area contributed by atoms with Crippen LogP contribution >= 0.6 is 11.8 Å². The molecule has 0 aliphatic carbocycles. The van der Waals surface area contributed by atoms with Gasteiger partial charge in [0, 0.05) is 29.8 Å². The Hall–Kier alpha value is -2.34. The Labute approximate surface area is 178 Å². The first-order chi connectivity index (χ1) is 13.8. The van der Waals surface area contributed by atoms with E-state index in [-0.39, 0.29) is 12.1 Å². The largest absolute Gasteiger partial charge is 0.444 e. The third-order valence-corrected chi connectivity index (χ3v) is 5.92. The fourth-order valence-corrected chi connectivity index (χ4v) is 4.31. The Morgan fingerprint density at radius 1 is 1.14 bits per heavy atom. The van der Waals surface area contributed by atoms with Crippen molar-refractivity contribution >= 4 is 29.2 Å². The molecule has 1 amide bonds. The number of hydrogen-bond acceptors (Lipinski definition) is 5. The maximum Gasteiger partial charge on any atom is 0.410 e. The molecule has 3 rings (SSSR count). The van der Waals surface area contributed by atoms with Crippen molar-refractivity contribution in [3.05, 3.63) is 54.1 Å². The van der Waals surface area contributed by atoms with E-state index >= 15 is 0 Å². The first kappa shape index (κ1) is 21.4. The minimum absolute atomic E-state index is 0.228. The molecule has 5 nitrogen and oxygen atoms in total. The number of nitrogens with two attached hydrogens (primary N) is 1. The highest BCUT2D eigenvalue weighted by atomic mass is 32.2. The number of thioether (sulfide) groups is 1. The van der Waals surface area contributed by atoms with E-state index in [2.05, 4.69) is 35.6 Å². The highest BCUT2D eigenvalue weighted by Gasteiger charge is 2.27. The first-order valence-corrected chi connectivity index (χ1v) is 11.1. The number of ether oxygens (including phenoxy) is 1. The summed E-state index contributed by atoms with van der Waals surface area (Å²) in [4.78, 5) is 15.2. The van der Waals surface area contributed by atoms with Gasteiger partial charge in [-0.2, -0.15) is 0 Å². The van der Waals surface area contributed by atoms with Crippen molar-refractivity contribution in [3.8, 4) is 0 Å². The van der Waals surface area contributed by atoms with Gasteiger partial charge in [-0.25, -0.2) is 4.79 Å². The molecule has 1 heterocycles. The molecule has 0 unspecified atom stereocenters. The molecule has 3 N–H and O–H groups in total. The molecule has 0 atom stereocenters. The minimum Gasteiger partial charge on any atom is -0.444 e. The Morgan fingerprint density at radius 3 is 2.48 bits per heavy atom. The second kappa shape index (κ2) is 9.44. The van der Waals surface area contributed by atoms with E-state index in [9.17, 15) is 4.79 Å². The van der Waals surface area contributed by atoms with Crippen molar-refractivity contribution in [2.75, 3.05) is 24.1 Å². The highest BCUT2D eigenvalue weighted by Crippen LogP contribution is 2.35. The van der Waals surface area contributed by atoms with E-state index in [1.807, 2.05) is 39.0 Å². The molecule has 1 aliphatic rings. The van der Waals surface area contributed by atoms with Gasteiger partial charge in [-0.15, -0.1) is 11.8 Å². The van der Waals surface area contributed by atoms with E-state index in [0.717, 1.165) is 34.9 Å². The lowest BCUT2D eigenvalue weighted by Gasteiger charge is -2.34. The predicted octanol–water partition coefficient (Wildman–Crippen LogP) is 5.37. The standard InChI is InChI=1S/C23H31N3O2S/c1-23(2,3)28-22(27)26-14-12-18(13-15-26)25-21-19(24)10-7-11-20(21)29-16-17-8-5-4-6-9-17/h4-11,18,25H,12-16,24H2,1-3H3. The minimum atomic E-state index is -0.463. The lowest BCUT2D eigenvalue weighted by Crippen LogP contribution is -2.44. The number of carbonyl (C=O) groups excluding carboxylic acids is 1. The average Bonchev–Trinajstić information content (AvgIpc) is 2.68. The second-order valence-corrected chi connectivity index (χ2v) is 9.40. The summed E-state index contributed by atoms with van der Waals surface area (Å²) < 4.78 is 5.49. The third kappa shape index (κ3) is 6.32. The summed E-state index contributed by atoms with van der Waals surface area (Å²) in [6.45, 7) is 7.06. The first-order valence-electron chi connectivity index (χ1n) is 10.1. The van der Waals surface area contributed by atoms with Gasteiger partial charge in [-0.1, -0.05) is 36.4 Å². The number of rotatable bonds is 5. The number of para-hydroxylation sites is 1. The van der Waals surface area contributed by atoms with E-state index in [1.165, 1.54) is 5.56 Å². The van der Waals surface area contributed by atoms with Crippen LogP contribution in [0.1, 0.15) is 39.2 Å². The SMILES string of the molecule is CC(C)(C)OC(=O)N1CCC(Nc2c(N)cccc2SCc2ccccc2)CC1. The molecule has 0 saturated carbocycles. The molecule has 0 aromatic heterocycles. The third-order valence-electron chi connectivity index (χ3n) is 4.79. The summed E-state index contributed by atoms with van der Waals surface area (Å²) in [5.41, 5.74) is 8.88. The topological polar surface area (TPSA) is 67.6 Å². The Balaban J connectivity index is 1.59. The molecule has 1 fully saturated rings. The lowest BCUT2D eigenvalue weighted by atomic mass is 10.0. The molecule has 6 heteroatoms. The van der Waals surface area contributed by atoms with Crippen LogP contribution in [-0.2, 0) is 10.5 Å². The zero-order valence-electron chi connectivity index (χ0n) is 17.5. The summed E-state index contributed by atoms with van der Waals surface area (Å²) in [6, 6.07) is 16.8. The Kier molecular flexibility index (Phi) is 6.96. The molecule has 2 aromatic carbocycles. The zero-order valence-corrected chi connectivity index (χ0v) is 18.3. The fraction of sp³-hybridized carbons (Fsp3) is 0.435. The number of nitrogens with one attached hydrogen (secondary N) is 1. The summed E-state index contributed by atoms with van der Waals surface area (Å²) >= 11 is 1.79. The smallest absolute Gasteiger partial charge is 0.410 e. The van der Waals surface area contributed by atoms with Crippen LogP contribution in [0, 0.1) is 0 Å². The van der Waals surface area contributed by atoms with Crippen molar-refractivity contribution in [2.24, 2.45) is 0 Å². The number of carbonyl (C=O) groups is 1. The van der Waals surface area contributed by atoms with Crippen molar-refractivity contribution in [1.82, 2.24) is 4.90 Å². The molecule has 1 aliphatic heterocycles. The summed E-state index contributed by atoms with van der Waals surface area (Å²) in [6.07, 6.45) is 1.52. The molecule has 0 radical (unpaired) electrons. The predicted molar refractivity (Wildman–Crippen MR) is 121 cm³/mol. The van der Waals surface area contributed by atoms with Crippen LogP contribution in [0.25, 0.3) is 0 Å². The van der Waals surface area contributed by atoms with Crippen molar-refractivity contribution in [3.63, 3.8) is 0 Å².